The molecule has 0 atom stereocenters. The van der Waals surface area contributed by atoms with E-state index in [2.05, 4.69) is 43.3 Å². The highest BCUT2D eigenvalue weighted by Gasteiger charge is 2.20. The van der Waals surface area contributed by atoms with E-state index < -0.39 is 17.8 Å². The molecule has 0 saturated carbocycles. The predicted molar refractivity (Wildman–Crippen MR) is 137 cm³/mol. The number of ether oxygens (including phenoxy) is 1. The van der Waals surface area contributed by atoms with E-state index >= 15 is 0 Å². The summed E-state index contributed by atoms with van der Waals surface area (Å²) in [6, 6.07) is 27.1. The summed E-state index contributed by atoms with van der Waals surface area (Å²) in [5.74, 6) is 0.0609. The van der Waals surface area contributed by atoms with E-state index in [-0.39, 0.29) is 11.1 Å². The van der Waals surface area contributed by atoms with Crippen LogP contribution < -0.4 is 4.74 Å². The summed E-state index contributed by atoms with van der Waals surface area (Å²) >= 11 is 0. The van der Waals surface area contributed by atoms with Crippen molar-refractivity contribution in [3.8, 4) is 28.0 Å². The zero-order valence-corrected chi connectivity index (χ0v) is 20.0. The maximum absolute atomic E-state index is 14.7. The van der Waals surface area contributed by atoms with Crippen molar-refractivity contribution in [2.45, 2.75) is 39.5 Å². The van der Waals surface area contributed by atoms with Crippen LogP contribution >= 0.6 is 0 Å². The summed E-state index contributed by atoms with van der Waals surface area (Å²) in [7, 11) is 0. The average Bonchev–Trinajstić information content (AvgIpc) is 2.87. The van der Waals surface area contributed by atoms with Crippen molar-refractivity contribution >= 4 is 0 Å². The van der Waals surface area contributed by atoms with Gasteiger partial charge in [0, 0.05) is 5.56 Å². The fraction of sp³-hybridized carbons (Fsp3) is 0.226. The Morgan fingerprint density at radius 3 is 1.74 bits per heavy atom. The van der Waals surface area contributed by atoms with Crippen molar-refractivity contribution in [2.75, 3.05) is 6.61 Å². The van der Waals surface area contributed by atoms with Crippen LogP contribution in [0.3, 0.4) is 0 Å². The number of alkyl halides is 2. The second-order valence-electron chi connectivity index (χ2n) is 8.73. The number of rotatable bonds is 9. The molecule has 4 aromatic carbocycles. The summed E-state index contributed by atoms with van der Waals surface area (Å²) in [4.78, 5) is 0. The van der Waals surface area contributed by atoms with Crippen LogP contribution in [0.15, 0.2) is 84.9 Å². The fourth-order valence-electron chi connectivity index (χ4n) is 4.15. The van der Waals surface area contributed by atoms with Gasteiger partial charge in [-0.25, -0.2) is 13.2 Å². The molecule has 0 aliphatic heterocycles. The minimum atomic E-state index is -2.84. The molecule has 0 amide bonds. The molecule has 1 nitrogen and oxygen atoms in total. The van der Waals surface area contributed by atoms with E-state index in [0.717, 1.165) is 42.7 Å². The fourth-order valence-corrected chi connectivity index (χ4v) is 4.15. The van der Waals surface area contributed by atoms with E-state index in [0.29, 0.717) is 5.56 Å². The van der Waals surface area contributed by atoms with Gasteiger partial charge in [-0.3, -0.25) is 0 Å². The molecule has 0 spiro atoms. The summed E-state index contributed by atoms with van der Waals surface area (Å²) in [5, 5.41) is 0. The number of halogens is 3. The molecule has 0 aromatic heterocycles. The van der Waals surface area contributed by atoms with Gasteiger partial charge in [0.1, 0.15) is 11.6 Å². The van der Waals surface area contributed by atoms with Gasteiger partial charge in [-0.1, -0.05) is 79.7 Å². The number of hydrogen-bond donors (Lipinski definition) is 0. The average molecular weight is 475 g/mol. The number of aryl methyl sites for hydroxylation is 3. The van der Waals surface area contributed by atoms with E-state index in [1.165, 1.54) is 18.1 Å². The highest BCUT2D eigenvalue weighted by Crippen LogP contribution is 2.33. The molecule has 0 fully saturated rings. The summed E-state index contributed by atoms with van der Waals surface area (Å²) in [5.41, 5.74) is 5.07. The maximum atomic E-state index is 14.7. The SMILES string of the molecule is CCCOc1ccc(CCc2ccc(-c3ccc(-c4ccc(C)c(C(F)F)c4F)cc3)cc2)cc1. The van der Waals surface area contributed by atoms with Gasteiger partial charge >= 0.3 is 0 Å². The van der Waals surface area contributed by atoms with Crippen molar-refractivity contribution in [1.29, 1.82) is 0 Å². The second-order valence-corrected chi connectivity index (χ2v) is 8.73. The summed E-state index contributed by atoms with van der Waals surface area (Å²) in [6.45, 7) is 4.33. The van der Waals surface area contributed by atoms with Crippen molar-refractivity contribution in [3.05, 3.63) is 113 Å². The van der Waals surface area contributed by atoms with Gasteiger partial charge in [0.25, 0.3) is 6.43 Å². The molecule has 0 radical (unpaired) electrons. The third-order valence-corrected chi connectivity index (χ3v) is 6.20. The zero-order valence-electron chi connectivity index (χ0n) is 20.0. The van der Waals surface area contributed by atoms with Crippen molar-refractivity contribution in [1.82, 2.24) is 0 Å². The highest BCUT2D eigenvalue weighted by molar-refractivity contribution is 5.71. The summed E-state index contributed by atoms with van der Waals surface area (Å²) < 4.78 is 46.9. The first kappa shape index (κ1) is 24.6. The first-order valence-electron chi connectivity index (χ1n) is 11.9. The Bertz CT molecular complexity index is 1240. The van der Waals surface area contributed by atoms with E-state index in [1.807, 2.05) is 24.3 Å². The van der Waals surface area contributed by atoms with Crippen LogP contribution in [0.25, 0.3) is 22.3 Å². The molecule has 0 aliphatic rings. The Morgan fingerprint density at radius 1 is 0.686 bits per heavy atom. The standard InChI is InChI=1S/C31H29F3O/c1-3-20-35-27-17-9-23(10-18-27)6-5-22-7-11-24(12-8-22)25-13-15-26(16-14-25)28-19-4-21(2)29(30(28)32)31(33)34/h4,7-19,31H,3,5-6,20H2,1-2H3. The molecular formula is C31H29F3O. The third kappa shape index (κ3) is 5.94. The van der Waals surface area contributed by atoms with Gasteiger partial charge in [0.15, 0.2) is 0 Å². The third-order valence-electron chi connectivity index (χ3n) is 6.20. The number of benzene rings is 4. The van der Waals surface area contributed by atoms with Gasteiger partial charge in [0.2, 0.25) is 0 Å². The van der Waals surface area contributed by atoms with E-state index in [1.54, 1.807) is 24.3 Å². The first-order chi connectivity index (χ1) is 17.0. The molecule has 4 heteroatoms. The summed E-state index contributed by atoms with van der Waals surface area (Å²) in [6.07, 6.45) is 0.0418. The molecule has 180 valence electrons. The molecular weight excluding hydrogens is 445 g/mol. The van der Waals surface area contributed by atoms with Gasteiger partial charge in [-0.2, -0.15) is 0 Å². The molecule has 0 bridgehead atoms. The van der Waals surface area contributed by atoms with Crippen LogP contribution in [-0.2, 0) is 12.8 Å². The van der Waals surface area contributed by atoms with Gasteiger partial charge in [-0.05, 0) is 71.7 Å². The van der Waals surface area contributed by atoms with Crippen molar-refractivity contribution in [3.63, 3.8) is 0 Å². The molecule has 4 aromatic rings. The van der Waals surface area contributed by atoms with Crippen molar-refractivity contribution < 1.29 is 17.9 Å². The van der Waals surface area contributed by atoms with E-state index in [4.69, 9.17) is 4.74 Å². The largest absolute Gasteiger partial charge is 0.494 e. The second kappa shape index (κ2) is 11.3. The molecule has 0 heterocycles. The Kier molecular flexibility index (Phi) is 7.91. The van der Waals surface area contributed by atoms with Gasteiger partial charge in [-0.15, -0.1) is 0 Å². The Morgan fingerprint density at radius 2 is 1.20 bits per heavy atom. The minimum Gasteiger partial charge on any atom is -0.494 e. The normalized spacial score (nSPS) is 11.1. The van der Waals surface area contributed by atoms with Gasteiger partial charge in [0.05, 0.1) is 12.2 Å². The van der Waals surface area contributed by atoms with Crippen molar-refractivity contribution in [2.24, 2.45) is 0 Å². The van der Waals surface area contributed by atoms with Crippen LogP contribution in [0, 0.1) is 12.7 Å². The lowest BCUT2D eigenvalue weighted by Gasteiger charge is -2.12. The van der Waals surface area contributed by atoms with Crippen LogP contribution in [0.1, 0.15) is 42.0 Å². The van der Waals surface area contributed by atoms with Crippen LogP contribution in [0.5, 0.6) is 5.75 Å². The molecule has 4 rings (SSSR count). The predicted octanol–water partition coefficient (Wildman–Crippen LogP) is 8.98. The van der Waals surface area contributed by atoms with Crippen LogP contribution in [0.4, 0.5) is 13.2 Å². The molecule has 35 heavy (non-hydrogen) atoms. The lowest BCUT2D eigenvalue weighted by Crippen LogP contribution is -1.98. The lowest BCUT2D eigenvalue weighted by atomic mass is 9.96. The zero-order chi connectivity index (χ0) is 24.8. The van der Waals surface area contributed by atoms with E-state index in [9.17, 15) is 13.2 Å². The monoisotopic (exact) mass is 474 g/mol. The Balaban J connectivity index is 1.41. The smallest absolute Gasteiger partial charge is 0.266 e. The first-order valence-corrected chi connectivity index (χ1v) is 11.9. The number of hydrogen-bond acceptors (Lipinski definition) is 1. The topological polar surface area (TPSA) is 9.23 Å². The lowest BCUT2D eigenvalue weighted by molar-refractivity contribution is 0.145. The maximum Gasteiger partial charge on any atom is 0.266 e. The highest BCUT2D eigenvalue weighted by atomic mass is 19.3. The Labute approximate surface area is 205 Å². The minimum absolute atomic E-state index is 0.192. The van der Waals surface area contributed by atoms with Crippen LogP contribution in [0.2, 0.25) is 0 Å². The van der Waals surface area contributed by atoms with Crippen LogP contribution in [-0.4, -0.2) is 6.61 Å². The molecule has 0 N–H and O–H groups in total. The molecule has 0 unspecified atom stereocenters. The molecule has 0 saturated heterocycles. The quantitative estimate of drug-likeness (QED) is 0.235. The Hall–Kier alpha value is -3.53. The molecule has 0 aliphatic carbocycles. The van der Waals surface area contributed by atoms with Gasteiger partial charge < -0.3 is 4.74 Å².